The highest BCUT2D eigenvalue weighted by atomic mass is 35.5. The van der Waals surface area contributed by atoms with Crippen LogP contribution in [0.3, 0.4) is 0 Å². The summed E-state index contributed by atoms with van der Waals surface area (Å²) in [4.78, 5) is 0. The van der Waals surface area contributed by atoms with Gasteiger partial charge in [0.25, 0.3) is 0 Å². The van der Waals surface area contributed by atoms with E-state index in [9.17, 15) is 0 Å². The Morgan fingerprint density at radius 3 is 1.18 bits per heavy atom. The van der Waals surface area contributed by atoms with Gasteiger partial charge in [0, 0.05) is 11.8 Å². The lowest BCUT2D eigenvalue weighted by molar-refractivity contribution is 0.667. The molecule has 0 fully saturated rings. The van der Waals surface area contributed by atoms with E-state index < -0.39 is 0 Å². The maximum Gasteiger partial charge on any atom is 0.0953 e. The topological polar surface area (TPSA) is 197 Å². The molecule has 0 aromatic rings. The fourth-order valence-corrected chi connectivity index (χ4v) is 0.999. The van der Waals surface area contributed by atoms with E-state index in [4.69, 9.17) is 32.8 Å². The van der Waals surface area contributed by atoms with Crippen molar-refractivity contribution in [3.63, 3.8) is 0 Å². The van der Waals surface area contributed by atoms with Crippen LogP contribution in [-0.2, 0) is 0 Å². The Hall–Kier alpha value is -2.30. The van der Waals surface area contributed by atoms with E-state index in [-0.39, 0.29) is 60.2 Å². The summed E-state index contributed by atoms with van der Waals surface area (Å²) in [6.45, 7) is 8.88. The zero-order chi connectivity index (χ0) is 20.5. The molecule has 0 saturated carbocycles. The summed E-state index contributed by atoms with van der Waals surface area (Å²) in [5.74, 6) is -0.109. The number of nitrogens with zero attached hydrogens (tertiary/aromatic N) is 6. The summed E-state index contributed by atoms with van der Waals surface area (Å²) < 4.78 is 0. The Bertz CT molecular complexity index is 517. The van der Waals surface area contributed by atoms with E-state index in [0.29, 0.717) is 26.2 Å². The van der Waals surface area contributed by atoms with Gasteiger partial charge in [0.1, 0.15) is 0 Å². The van der Waals surface area contributed by atoms with Crippen LogP contribution in [0.5, 0.6) is 0 Å². The predicted octanol–water partition coefficient (Wildman–Crippen LogP) is 3.18. The number of amidine groups is 2. The molecule has 0 aromatic heterocycles. The lowest BCUT2D eigenvalue weighted by atomic mass is 10.1. The third kappa shape index (κ3) is 21.7. The highest BCUT2D eigenvalue weighted by Gasteiger charge is 2.05. The van der Waals surface area contributed by atoms with E-state index >= 15 is 0 Å². The number of nitrogens with one attached hydrogen (secondary N) is 2. The van der Waals surface area contributed by atoms with Gasteiger partial charge in [0.15, 0.2) is 0 Å². The first-order valence-corrected chi connectivity index (χ1v) is 8.29. The van der Waals surface area contributed by atoms with Crippen LogP contribution in [0.15, 0.2) is 20.5 Å². The zero-order valence-corrected chi connectivity index (χ0v) is 18.4. The molecule has 0 amide bonds. The van der Waals surface area contributed by atoms with Crippen LogP contribution in [-0.4, -0.2) is 37.9 Å². The zero-order valence-electron chi connectivity index (χ0n) is 16.8. The molecule has 0 bridgehead atoms. The molecule has 4 atom stereocenters. The van der Waals surface area contributed by atoms with Crippen LogP contribution < -0.4 is 11.5 Å². The Kier molecular flexibility index (Phi) is 25.0. The van der Waals surface area contributed by atoms with Crippen molar-refractivity contribution >= 4 is 36.5 Å². The molecular formula is C16H32Cl2N10. The SMILES string of the molecule is CC(C#N)CN=NCC(C)C#N.CC(CN=NCC(C)C(=N)N)C(=N)N.Cl.Cl. The van der Waals surface area contributed by atoms with Crippen molar-refractivity contribution in [1.29, 1.82) is 21.3 Å². The molecule has 0 saturated heterocycles. The van der Waals surface area contributed by atoms with Crippen molar-refractivity contribution < 1.29 is 0 Å². The summed E-state index contributed by atoms with van der Waals surface area (Å²) in [5.41, 5.74) is 10.5. The minimum absolute atomic E-state index is 0. The van der Waals surface area contributed by atoms with Crippen LogP contribution in [0.2, 0.25) is 0 Å². The molecule has 28 heavy (non-hydrogen) atoms. The standard InChI is InChI=1S/C8H18N6.C8H12N4.2ClH/c1-5(7(9)10)3-13-14-4-6(2)8(11)12;1-7(3-9)5-11-12-6-8(2)4-10;;/h5-6H,3-4H2,1-2H3,(H3,9,10)(H3,11,12);7-8H,5-6H2,1-2H3;2*1H. The van der Waals surface area contributed by atoms with Crippen LogP contribution in [0.4, 0.5) is 0 Å². The second-order valence-electron chi connectivity index (χ2n) is 6.07. The van der Waals surface area contributed by atoms with Crippen molar-refractivity contribution in [2.24, 2.45) is 55.6 Å². The number of azo groups is 2. The summed E-state index contributed by atoms with van der Waals surface area (Å²) in [6, 6.07) is 4.10. The van der Waals surface area contributed by atoms with E-state index in [0.717, 1.165) is 0 Å². The number of hydrogen-bond acceptors (Lipinski definition) is 8. The number of nitriles is 2. The number of halogens is 2. The molecule has 0 aliphatic rings. The van der Waals surface area contributed by atoms with Gasteiger partial charge >= 0.3 is 0 Å². The number of nitrogens with two attached hydrogens (primary N) is 2. The molecule has 10 nitrogen and oxygen atoms in total. The van der Waals surface area contributed by atoms with Gasteiger partial charge in [-0.05, 0) is 13.8 Å². The average Bonchev–Trinajstić information content (AvgIpc) is 2.61. The molecule has 160 valence electrons. The van der Waals surface area contributed by atoms with Crippen molar-refractivity contribution in [2.45, 2.75) is 27.7 Å². The van der Waals surface area contributed by atoms with Crippen molar-refractivity contribution in [3.05, 3.63) is 0 Å². The summed E-state index contributed by atoms with van der Waals surface area (Å²) in [7, 11) is 0. The summed E-state index contributed by atoms with van der Waals surface area (Å²) in [6.07, 6.45) is 0. The van der Waals surface area contributed by atoms with Crippen LogP contribution in [0.25, 0.3) is 0 Å². The average molecular weight is 435 g/mol. The fraction of sp³-hybridized carbons (Fsp3) is 0.750. The van der Waals surface area contributed by atoms with Crippen molar-refractivity contribution in [2.75, 3.05) is 26.2 Å². The largest absolute Gasteiger partial charge is 0.387 e. The van der Waals surface area contributed by atoms with Gasteiger partial charge < -0.3 is 11.5 Å². The normalized spacial score (nSPS) is 14.1. The summed E-state index contributed by atoms with van der Waals surface area (Å²) in [5, 5.41) is 46.3. The Morgan fingerprint density at radius 1 is 0.714 bits per heavy atom. The second-order valence-corrected chi connectivity index (χ2v) is 6.07. The minimum Gasteiger partial charge on any atom is -0.387 e. The molecule has 4 unspecified atom stereocenters. The Labute approximate surface area is 179 Å². The van der Waals surface area contributed by atoms with Gasteiger partial charge in [-0.25, -0.2) is 0 Å². The fourth-order valence-electron chi connectivity index (χ4n) is 0.999. The first kappa shape index (κ1) is 33.3. The molecule has 6 N–H and O–H groups in total. The third-order valence-corrected chi connectivity index (χ3v) is 3.12. The second kappa shape index (κ2) is 21.0. The smallest absolute Gasteiger partial charge is 0.0953 e. The molecule has 0 radical (unpaired) electrons. The molecule has 0 spiro atoms. The Balaban J connectivity index is -0.000000194. The molecular weight excluding hydrogens is 403 g/mol. The molecule has 0 heterocycles. The monoisotopic (exact) mass is 434 g/mol. The van der Waals surface area contributed by atoms with Crippen LogP contribution in [0.1, 0.15) is 27.7 Å². The quantitative estimate of drug-likeness (QED) is 0.232. The number of hydrogen-bond donors (Lipinski definition) is 4. The third-order valence-electron chi connectivity index (χ3n) is 3.12. The van der Waals surface area contributed by atoms with Crippen LogP contribution >= 0.6 is 24.8 Å². The van der Waals surface area contributed by atoms with Crippen molar-refractivity contribution in [3.8, 4) is 12.1 Å². The molecule has 0 rings (SSSR count). The highest BCUT2D eigenvalue weighted by Crippen LogP contribution is 1.98. The van der Waals surface area contributed by atoms with Gasteiger partial charge in [0.05, 0.1) is 61.8 Å². The van der Waals surface area contributed by atoms with E-state index in [1.807, 2.05) is 26.0 Å². The first-order chi connectivity index (χ1) is 12.1. The maximum atomic E-state index is 8.39. The molecule has 0 aromatic carbocycles. The number of rotatable bonds is 10. The van der Waals surface area contributed by atoms with Gasteiger partial charge in [0.2, 0.25) is 0 Å². The molecule has 0 aliphatic heterocycles. The lowest BCUT2D eigenvalue weighted by Gasteiger charge is -2.05. The van der Waals surface area contributed by atoms with E-state index in [1.54, 1.807) is 13.8 Å². The van der Waals surface area contributed by atoms with E-state index in [2.05, 4.69) is 20.5 Å². The predicted molar refractivity (Wildman–Crippen MR) is 115 cm³/mol. The van der Waals surface area contributed by atoms with Gasteiger partial charge in [-0.15, -0.1) is 24.8 Å². The van der Waals surface area contributed by atoms with E-state index in [1.165, 1.54) is 0 Å². The van der Waals surface area contributed by atoms with Gasteiger partial charge in [-0.3, -0.25) is 10.8 Å². The highest BCUT2D eigenvalue weighted by molar-refractivity contribution is 5.85. The molecule has 0 aliphatic carbocycles. The van der Waals surface area contributed by atoms with Crippen molar-refractivity contribution in [1.82, 2.24) is 0 Å². The van der Waals surface area contributed by atoms with Gasteiger partial charge in [-0.2, -0.15) is 31.0 Å². The maximum absolute atomic E-state index is 8.39. The first-order valence-electron chi connectivity index (χ1n) is 8.29. The van der Waals surface area contributed by atoms with Crippen LogP contribution in [0, 0.1) is 57.2 Å². The minimum atomic E-state index is -0.0915. The lowest BCUT2D eigenvalue weighted by Crippen LogP contribution is -2.23. The summed E-state index contributed by atoms with van der Waals surface area (Å²) >= 11 is 0. The Morgan fingerprint density at radius 2 is 0.964 bits per heavy atom. The molecule has 12 heteroatoms. The van der Waals surface area contributed by atoms with Gasteiger partial charge in [-0.1, -0.05) is 13.8 Å².